The molecule has 0 radical (unpaired) electrons. The molecular weight excluding hydrogens is 148 g/mol. The van der Waals surface area contributed by atoms with Gasteiger partial charge in [0, 0.05) is 7.11 Å². The Kier molecular flexibility index (Phi) is 3.60. The summed E-state index contributed by atoms with van der Waals surface area (Å²) in [5.41, 5.74) is 15.4. The van der Waals surface area contributed by atoms with Gasteiger partial charge >= 0.3 is 0 Å². The molecule has 0 unspecified atom stereocenters. The maximum Gasteiger partial charge on any atom is 0.226 e. The molecule has 1 rings (SSSR count). The van der Waals surface area contributed by atoms with E-state index in [0.717, 1.165) is 7.11 Å². The van der Waals surface area contributed by atoms with Crippen LogP contribution in [0.5, 0.6) is 0 Å². The second-order valence-electron chi connectivity index (χ2n) is 1.41. The summed E-state index contributed by atoms with van der Waals surface area (Å²) in [6.07, 6.45) is 0. The number of aliphatic hydroxyl groups excluding tert-OH is 1. The van der Waals surface area contributed by atoms with Gasteiger partial charge in [0.05, 0.1) is 0 Å². The highest BCUT2D eigenvalue weighted by Gasteiger charge is 1.93. The first-order chi connectivity index (χ1) is 5.18. The quantitative estimate of drug-likeness (QED) is 0.350. The molecule has 0 fully saturated rings. The van der Waals surface area contributed by atoms with Crippen molar-refractivity contribution in [1.82, 2.24) is 15.0 Å². The van der Waals surface area contributed by atoms with E-state index in [0.29, 0.717) is 0 Å². The number of aromatic nitrogens is 3. The van der Waals surface area contributed by atoms with Gasteiger partial charge in [0.1, 0.15) is 0 Å². The molecule has 7 nitrogen and oxygen atoms in total. The van der Waals surface area contributed by atoms with Crippen molar-refractivity contribution >= 4 is 17.8 Å². The number of hydrogen-bond donors (Lipinski definition) is 4. The average Bonchev–Trinajstić information content (AvgIpc) is 1.88. The summed E-state index contributed by atoms with van der Waals surface area (Å²) >= 11 is 0. The standard InChI is InChI=1S/C3H6N6.CH4O/c4-1-7-2(5)9-3(6)8-1;1-2/h(H6,4,5,6,7,8,9);2H,1H3. The van der Waals surface area contributed by atoms with Crippen molar-refractivity contribution in [2.75, 3.05) is 24.3 Å². The molecule has 0 amide bonds. The first kappa shape index (κ1) is 9.37. The number of rotatable bonds is 0. The Morgan fingerprint density at radius 3 is 1.18 bits per heavy atom. The lowest BCUT2D eigenvalue weighted by Gasteiger charge is -1.93. The Morgan fingerprint density at radius 1 is 0.818 bits per heavy atom. The number of nitrogens with two attached hydrogens (primary N) is 3. The molecule has 1 aromatic heterocycles. The van der Waals surface area contributed by atoms with E-state index >= 15 is 0 Å². The van der Waals surface area contributed by atoms with Crippen molar-refractivity contribution in [3.05, 3.63) is 0 Å². The maximum atomic E-state index is 7.00. The van der Waals surface area contributed by atoms with Gasteiger partial charge in [-0.05, 0) is 0 Å². The fourth-order valence-corrected chi connectivity index (χ4v) is 0.427. The van der Waals surface area contributed by atoms with Gasteiger partial charge in [-0.15, -0.1) is 0 Å². The molecule has 62 valence electrons. The van der Waals surface area contributed by atoms with Crippen molar-refractivity contribution in [2.45, 2.75) is 0 Å². The van der Waals surface area contributed by atoms with Crippen LogP contribution < -0.4 is 17.2 Å². The highest BCUT2D eigenvalue weighted by atomic mass is 16.2. The lowest BCUT2D eigenvalue weighted by atomic mass is 10.9. The molecule has 1 aromatic rings. The Hall–Kier alpha value is -1.63. The lowest BCUT2D eigenvalue weighted by Crippen LogP contribution is -2.05. The number of nitrogens with zero attached hydrogens (tertiary/aromatic N) is 3. The largest absolute Gasteiger partial charge is 0.400 e. The molecule has 1 heterocycles. The van der Waals surface area contributed by atoms with Gasteiger partial charge in [0.15, 0.2) is 0 Å². The summed E-state index contributed by atoms with van der Waals surface area (Å²) in [6, 6.07) is 0. The maximum absolute atomic E-state index is 7.00. The summed E-state index contributed by atoms with van der Waals surface area (Å²) in [7, 11) is 1.00. The molecule has 0 aliphatic rings. The van der Waals surface area contributed by atoms with Crippen LogP contribution >= 0.6 is 0 Å². The van der Waals surface area contributed by atoms with Crippen molar-refractivity contribution in [3.8, 4) is 0 Å². The lowest BCUT2D eigenvalue weighted by molar-refractivity contribution is 0.399. The third-order valence-corrected chi connectivity index (χ3v) is 0.687. The SMILES string of the molecule is CO.Nc1nc(N)nc(N)n1. The minimum Gasteiger partial charge on any atom is -0.400 e. The van der Waals surface area contributed by atoms with Crippen molar-refractivity contribution < 1.29 is 5.11 Å². The van der Waals surface area contributed by atoms with Crippen molar-refractivity contribution in [1.29, 1.82) is 0 Å². The van der Waals surface area contributed by atoms with Crippen LogP contribution in [0.4, 0.5) is 17.8 Å². The van der Waals surface area contributed by atoms with Crippen LogP contribution in [0, 0.1) is 0 Å². The molecular formula is C4H10N6O. The second-order valence-corrected chi connectivity index (χ2v) is 1.41. The normalized spacial score (nSPS) is 8.18. The molecule has 0 spiro atoms. The Morgan fingerprint density at radius 2 is 1.00 bits per heavy atom. The van der Waals surface area contributed by atoms with Gasteiger partial charge in [-0.3, -0.25) is 0 Å². The predicted octanol–water partition coefficient (Wildman–Crippen LogP) is -1.77. The van der Waals surface area contributed by atoms with Gasteiger partial charge < -0.3 is 22.3 Å². The highest BCUT2D eigenvalue weighted by molar-refractivity contribution is 5.33. The highest BCUT2D eigenvalue weighted by Crippen LogP contribution is 1.97. The number of nitrogen functional groups attached to an aromatic ring is 3. The zero-order chi connectivity index (χ0) is 8.85. The van der Waals surface area contributed by atoms with Gasteiger partial charge in [-0.25, -0.2) is 0 Å². The monoisotopic (exact) mass is 158 g/mol. The minimum absolute atomic E-state index is 0.0417. The van der Waals surface area contributed by atoms with Crippen molar-refractivity contribution in [3.63, 3.8) is 0 Å². The fraction of sp³-hybridized carbons (Fsp3) is 0.250. The number of anilines is 3. The molecule has 11 heavy (non-hydrogen) atoms. The van der Waals surface area contributed by atoms with Crippen molar-refractivity contribution in [2.24, 2.45) is 0 Å². The first-order valence-corrected chi connectivity index (χ1v) is 2.65. The molecule has 0 aromatic carbocycles. The third-order valence-electron chi connectivity index (χ3n) is 0.687. The predicted molar refractivity (Wildman–Crippen MR) is 41.2 cm³/mol. The van der Waals surface area contributed by atoms with Gasteiger partial charge in [0.2, 0.25) is 17.8 Å². The van der Waals surface area contributed by atoms with Crippen LogP contribution in [-0.4, -0.2) is 27.2 Å². The zero-order valence-electron chi connectivity index (χ0n) is 6.02. The van der Waals surface area contributed by atoms with Crippen LogP contribution in [-0.2, 0) is 0 Å². The van der Waals surface area contributed by atoms with Gasteiger partial charge in [0.25, 0.3) is 0 Å². The van der Waals surface area contributed by atoms with E-state index in [1.165, 1.54) is 0 Å². The molecule has 0 aliphatic carbocycles. The Balaban J connectivity index is 0.000000461. The summed E-state index contributed by atoms with van der Waals surface area (Å²) in [4.78, 5) is 10.5. The molecule has 0 saturated heterocycles. The minimum atomic E-state index is 0.0417. The van der Waals surface area contributed by atoms with E-state index < -0.39 is 0 Å². The van der Waals surface area contributed by atoms with E-state index in [4.69, 9.17) is 22.3 Å². The summed E-state index contributed by atoms with van der Waals surface area (Å²) in [5, 5.41) is 7.00. The van der Waals surface area contributed by atoms with Crippen LogP contribution in [0.2, 0.25) is 0 Å². The van der Waals surface area contributed by atoms with E-state index in [1.54, 1.807) is 0 Å². The Bertz CT molecular complexity index is 175. The van der Waals surface area contributed by atoms with Crippen LogP contribution in [0.25, 0.3) is 0 Å². The summed E-state index contributed by atoms with van der Waals surface area (Å²) in [6.45, 7) is 0. The van der Waals surface area contributed by atoms with E-state index in [2.05, 4.69) is 15.0 Å². The molecule has 0 aliphatic heterocycles. The summed E-state index contributed by atoms with van der Waals surface area (Å²) < 4.78 is 0. The molecule has 0 bridgehead atoms. The topological polar surface area (TPSA) is 137 Å². The zero-order valence-corrected chi connectivity index (χ0v) is 6.02. The number of hydrogen-bond acceptors (Lipinski definition) is 7. The number of aliphatic hydroxyl groups is 1. The average molecular weight is 158 g/mol. The third kappa shape index (κ3) is 3.16. The molecule has 0 atom stereocenters. The van der Waals surface area contributed by atoms with E-state index in [1.807, 2.05) is 0 Å². The Labute approximate surface area is 63.3 Å². The van der Waals surface area contributed by atoms with Crippen LogP contribution in [0.1, 0.15) is 0 Å². The van der Waals surface area contributed by atoms with Crippen LogP contribution in [0.15, 0.2) is 0 Å². The van der Waals surface area contributed by atoms with Gasteiger partial charge in [-0.1, -0.05) is 0 Å². The van der Waals surface area contributed by atoms with E-state index in [9.17, 15) is 0 Å². The molecule has 0 saturated carbocycles. The fourth-order valence-electron chi connectivity index (χ4n) is 0.427. The molecule has 7 N–H and O–H groups in total. The smallest absolute Gasteiger partial charge is 0.226 e. The first-order valence-electron chi connectivity index (χ1n) is 2.65. The summed E-state index contributed by atoms with van der Waals surface area (Å²) in [5.74, 6) is 0.125. The second kappa shape index (κ2) is 4.23. The molecule has 7 heteroatoms. The van der Waals surface area contributed by atoms with Crippen LogP contribution in [0.3, 0.4) is 0 Å². The van der Waals surface area contributed by atoms with E-state index in [-0.39, 0.29) is 17.8 Å². The van der Waals surface area contributed by atoms with Gasteiger partial charge in [-0.2, -0.15) is 15.0 Å².